The van der Waals surface area contributed by atoms with Gasteiger partial charge >= 0.3 is 5.97 Å². The lowest BCUT2D eigenvalue weighted by Gasteiger charge is -2.37. The maximum atomic E-state index is 13.5. The number of piperidine rings is 1. The first-order valence-electron chi connectivity index (χ1n) is 10.4. The van der Waals surface area contributed by atoms with Crippen LogP contribution in [0.4, 0.5) is 0 Å². The summed E-state index contributed by atoms with van der Waals surface area (Å²) in [6.45, 7) is 1.81. The number of amides is 1. The average molecular weight is 393 g/mol. The third-order valence-corrected chi connectivity index (χ3v) is 6.28. The Hall–Kier alpha value is -2.66. The molecule has 2 saturated heterocycles. The van der Waals surface area contributed by atoms with E-state index in [-0.39, 0.29) is 23.8 Å². The molecule has 2 aliphatic rings. The molecule has 1 N–H and O–H groups in total. The molecule has 2 fully saturated rings. The third-order valence-electron chi connectivity index (χ3n) is 6.28. The predicted molar refractivity (Wildman–Crippen MR) is 110 cm³/mol. The summed E-state index contributed by atoms with van der Waals surface area (Å²) >= 11 is 0. The van der Waals surface area contributed by atoms with Gasteiger partial charge in [-0.2, -0.15) is 0 Å². The topological polar surface area (TPSA) is 66.8 Å². The normalized spacial score (nSPS) is 22.7. The molecule has 0 saturated carbocycles. The number of aliphatic carboxylic acids is 1. The van der Waals surface area contributed by atoms with Crippen LogP contribution in [0.5, 0.6) is 0 Å². The van der Waals surface area contributed by atoms with E-state index >= 15 is 0 Å². The summed E-state index contributed by atoms with van der Waals surface area (Å²) in [6, 6.07) is 19.8. The van der Waals surface area contributed by atoms with Gasteiger partial charge in [0.05, 0.1) is 17.9 Å². The summed E-state index contributed by atoms with van der Waals surface area (Å²) in [5.74, 6) is -1.18. The summed E-state index contributed by atoms with van der Waals surface area (Å²) in [7, 11) is 0. The molecule has 1 amide bonds. The molecule has 152 valence electrons. The number of ether oxygens (including phenoxy) is 1. The molecule has 2 heterocycles. The minimum absolute atomic E-state index is 0.114. The molecule has 2 aromatic carbocycles. The molecule has 0 radical (unpaired) electrons. The SMILES string of the molecule is O=C(O)C1CCO[C@H]1C1CCN(C(=O)C(c2ccccc2)c2ccccc2)CC1. The van der Waals surface area contributed by atoms with Gasteiger partial charge < -0.3 is 14.7 Å². The number of rotatable bonds is 5. The predicted octanol–water partition coefficient (Wildman–Crippen LogP) is 3.55. The van der Waals surface area contributed by atoms with Crippen LogP contribution in [-0.4, -0.2) is 47.7 Å². The molecule has 29 heavy (non-hydrogen) atoms. The van der Waals surface area contributed by atoms with E-state index in [9.17, 15) is 14.7 Å². The lowest BCUT2D eigenvalue weighted by atomic mass is 9.83. The van der Waals surface area contributed by atoms with E-state index in [4.69, 9.17) is 4.74 Å². The summed E-state index contributed by atoms with van der Waals surface area (Å²) in [5.41, 5.74) is 1.99. The largest absolute Gasteiger partial charge is 0.481 e. The monoisotopic (exact) mass is 393 g/mol. The van der Waals surface area contributed by atoms with Crippen molar-refractivity contribution in [3.05, 3.63) is 71.8 Å². The zero-order chi connectivity index (χ0) is 20.2. The summed E-state index contributed by atoms with van der Waals surface area (Å²) in [4.78, 5) is 26.9. The van der Waals surface area contributed by atoms with Gasteiger partial charge in [-0.15, -0.1) is 0 Å². The van der Waals surface area contributed by atoms with Gasteiger partial charge in [0, 0.05) is 19.7 Å². The van der Waals surface area contributed by atoms with Gasteiger partial charge in [-0.1, -0.05) is 60.7 Å². The first kappa shape index (κ1) is 19.6. The maximum Gasteiger partial charge on any atom is 0.309 e. The van der Waals surface area contributed by atoms with Crippen LogP contribution in [0.25, 0.3) is 0 Å². The van der Waals surface area contributed by atoms with Crippen LogP contribution >= 0.6 is 0 Å². The number of hydrogen-bond donors (Lipinski definition) is 1. The minimum Gasteiger partial charge on any atom is -0.481 e. The Bertz CT molecular complexity index is 791. The maximum absolute atomic E-state index is 13.5. The van der Waals surface area contributed by atoms with Crippen LogP contribution in [0, 0.1) is 11.8 Å². The highest BCUT2D eigenvalue weighted by molar-refractivity contribution is 5.87. The number of carbonyl (C=O) groups is 2. The number of carbonyl (C=O) groups excluding carboxylic acids is 1. The van der Waals surface area contributed by atoms with Crippen molar-refractivity contribution in [2.75, 3.05) is 19.7 Å². The third kappa shape index (κ3) is 4.20. The van der Waals surface area contributed by atoms with Gasteiger partial charge in [0.2, 0.25) is 5.91 Å². The lowest BCUT2D eigenvalue weighted by Crippen LogP contribution is -2.45. The van der Waals surface area contributed by atoms with Crippen molar-refractivity contribution in [3.63, 3.8) is 0 Å². The molecule has 0 spiro atoms. The second kappa shape index (κ2) is 8.78. The van der Waals surface area contributed by atoms with E-state index < -0.39 is 11.9 Å². The molecule has 5 nitrogen and oxygen atoms in total. The van der Waals surface area contributed by atoms with E-state index in [1.165, 1.54) is 0 Å². The molecule has 5 heteroatoms. The van der Waals surface area contributed by atoms with Crippen LogP contribution in [0.3, 0.4) is 0 Å². The second-order valence-corrected chi connectivity index (χ2v) is 7.99. The standard InChI is InChI=1S/C24H27NO4/c26-23(21(17-7-3-1-4-8-17)18-9-5-2-6-10-18)25-14-11-19(12-15-25)22-20(24(27)28)13-16-29-22/h1-10,19-22H,11-16H2,(H,27,28)/t20?,22-/m0/s1. The fourth-order valence-electron chi connectivity index (χ4n) is 4.74. The fraction of sp³-hybridized carbons (Fsp3) is 0.417. The molecular formula is C24H27NO4. The molecule has 0 bridgehead atoms. The first-order valence-corrected chi connectivity index (χ1v) is 10.4. The summed E-state index contributed by atoms with van der Waals surface area (Å²) in [6.07, 6.45) is 1.94. The Morgan fingerprint density at radius 2 is 1.45 bits per heavy atom. The molecule has 2 aromatic rings. The van der Waals surface area contributed by atoms with E-state index in [2.05, 4.69) is 0 Å². The molecule has 1 unspecified atom stereocenters. The number of carboxylic acids is 1. The van der Waals surface area contributed by atoms with Gasteiger partial charge in [-0.05, 0) is 36.3 Å². The van der Waals surface area contributed by atoms with Crippen molar-refractivity contribution < 1.29 is 19.4 Å². The molecular weight excluding hydrogens is 366 g/mol. The van der Waals surface area contributed by atoms with Crippen molar-refractivity contribution in [2.24, 2.45) is 11.8 Å². The van der Waals surface area contributed by atoms with Crippen LogP contribution in [0.15, 0.2) is 60.7 Å². The highest BCUT2D eigenvalue weighted by Crippen LogP contribution is 2.35. The summed E-state index contributed by atoms with van der Waals surface area (Å²) < 4.78 is 5.76. The molecule has 4 rings (SSSR count). The first-order chi connectivity index (χ1) is 14.1. The average Bonchev–Trinajstić information content (AvgIpc) is 3.26. The number of likely N-dealkylation sites (tertiary alicyclic amines) is 1. The highest BCUT2D eigenvalue weighted by Gasteiger charge is 2.41. The van der Waals surface area contributed by atoms with Crippen LogP contribution < -0.4 is 0 Å². The Morgan fingerprint density at radius 3 is 1.97 bits per heavy atom. The van der Waals surface area contributed by atoms with Gasteiger partial charge in [-0.3, -0.25) is 9.59 Å². The van der Waals surface area contributed by atoms with Gasteiger partial charge in [0.15, 0.2) is 0 Å². The quantitative estimate of drug-likeness (QED) is 0.844. The zero-order valence-corrected chi connectivity index (χ0v) is 16.4. The van der Waals surface area contributed by atoms with Crippen molar-refractivity contribution in [1.29, 1.82) is 0 Å². The van der Waals surface area contributed by atoms with Crippen LogP contribution in [0.2, 0.25) is 0 Å². The molecule has 0 aromatic heterocycles. The Morgan fingerprint density at radius 1 is 0.897 bits per heavy atom. The zero-order valence-electron chi connectivity index (χ0n) is 16.4. The van der Waals surface area contributed by atoms with Crippen molar-refractivity contribution in [3.8, 4) is 0 Å². The Balaban J connectivity index is 1.48. The number of hydrogen-bond acceptors (Lipinski definition) is 3. The van der Waals surface area contributed by atoms with Crippen molar-refractivity contribution in [2.45, 2.75) is 31.3 Å². The fourth-order valence-corrected chi connectivity index (χ4v) is 4.74. The van der Waals surface area contributed by atoms with Crippen molar-refractivity contribution >= 4 is 11.9 Å². The molecule has 0 aliphatic carbocycles. The molecule has 2 atom stereocenters. The van der Waals surface area contributed by atoms with Crippen LogP contribution in [0.1, 0.15) is 36.3 Å². The van der Waals surface area contributed by atoms with E-state index in [1.54, 1.807) is 0 Å². The van der Waals surface area contributed by atoms with Crippen molar-refractivity contribution in [1.82, 2.24) is 4.90 Å². The minimum atomic E-state index is -0.765. The lowest BCUT2D eigenvalue weighted by molar-refractivity contribution is -0.146. The van der Waals surface area contributed by atoms with Gasteiger partial charge in [0.1, 0.15) is 0 Å². The second-order valence-electron chi connectivity index (χ2n) is 7.99. The van der Waals surface area contributed by atoms with E-state index in [1.807, 2.05) is 65.6 Å². The summed E-state index contributed by atoms with van der Waals surface area (Å²) in [5, 5.41) is 9.43. The molecule has 2 aliphatic heterocycles. The van der Waals surface area contributed by atoms with E-state index in [0.29, 0.717) is 26.1 Å². The number of nitrogens with zero attached hydrogens (tertiary/aromatic N) is 1. The van der Waals surface area contributed by atoms with Crippen LogP contribution in [-0.2, 0) is 14.3 Å². The highest BCUT2D eigenvalue weighted by atomic mass is 16.5. The van der Waals surface area contributed by atoms with Gasteiger partial charge in [-0.25, -0.2) is 0 Å². The smallest absolute Gasteiger partial charge is 0.309 e. The van der Waals surface area contributed by atoms with Gasteiger partial charge in [0.25, 0.3) is 0 Å². The Labute approximate surface area is 171 Å². The number of carboxylic acid groups (broad SMARTS) is 1. The van der Waals surface area contributed by atoms with E-state index in [0.717, 1.165) is 24.0 Å². The number of benzene rings is 2. The Kier molecular flexibility index (Phi) is 5.95.